The first-order chi connectivity index (χ1) is 15.8. The molecule has 4 rings (SSSR count). The number of hydrogen-bond donors (Lipinski definition) is 4. The Balaban J connectivity index is 1.49. The van der Waals surface area contributed by atoms with E-state index in [1.807, 2.05) is 37.3 Å². The number of aryl methyl sites for hydroxylation is 1. The first-order valence-electron chi connectivity index (χ1n) is 9.79. The Morgan fingerprint density at radius 3 is 2.27 bits per heavy atom. The van der Waals surface area contributed by atoms with Crippen LogP contribution in [0.25, 0.3) is 0 Å². The van der Waals surface area contributed by atoms with E-state index in [1.165, 1.54) is 12.1 Å². The number of aromatic nitrogens is 1. The fourth-order valence-corrected chi connectivity index (χ4v) is 4.62. The molecule has 33 heavy (non-hydrogen) atoms. The highest BCUT2D eigenvalue weighted by Gasteiger charge is 2.23. The Bertz CT molecular complexity index is 1370. The molecule has 0 atom stereocenters. The number of benzene rings is 3. The Morgan fingerprint density at radius 2 is 1.61 bits per heavy atom. The molecule has 0 unspecified atom stereocenters. The lowest BCUT2D eigenvalue weighted by Gasteiger charge is -2.11. The van der Waals surface area contributed by atoms with Gasteiger partial charge in [0, 0.05) is 5.69 Å². The predicted molar refractivity (Wildman–Crippen MR) is 128 cm³/mol. The van der Waals surface area contributed by atoms with Gasteiger partial charge in [0.25, 0.3) is 10.0 Å². The molecule has 0 bridgehead atoms. The Morgan fingerprint density at radius 1 is 0.970 bits per heavy atom. The molecule has 1 aromatic heterocycles. The van der Waals surface area contributed by atoms with Crippen molar-refractivity contribution in [2.45, 2.75) is 11.8 Å². The molecular formula is C23H20N4O4S2. The fourth-order valence-electron chi connectivity index (χ4n) is 2.92. The lowest BCUT2D eigenvalue weighted by Crippen LogP contribution is -2.30. The van der Waals surface area contributed by atoms with Crippen LogP contribution in [0.4, 0.5) is 10.7 Å². The Hall–Kier alpha value is -3.89. The van der Waals surface area contributed by atoms with Gasteiger partial charge in [-0.25, -0.2) is 8.42 Å². The molecule has 0 fully saturated rings. The molecule has 4 aromatic rings. The fraction of sp³-hybridized carbons (Fsp3) is 0.0435. The number of hydrogen-bond acceptors (Lipinski definition) is 8. The van der Waals surface area contributed by atoms with Gasteiger partial charge in [0.15, 0.2) is 0 Å². The number of aromatic hydroxyl groups is 1. The third-order valence-corrected chi connectivity index (χ3v) is 6.70. The van der Waals surface area contributed by atoms with Gasteiger partial charge in [0.2, 0.25) is 5.88 Å². The van der Waals surface area contributed by atoms with Crippen LogP contribution in [-0.2, 0) is 10.0 Å². The minimum absolute atomic E-state index is 0.0176. The third kappa shape index (κ3) is 5.30. The molecule has 0 spiro atoms. The number of sulfonamides is 1. The minimum Gasteiger partial charge on any atom is -0.492 e. The van der Waals surface area contributed by atoms with Crippen molar-refractivity contribution >= 4 is 38.1 Å². The van der Waals surface area contributed by atoms with Crippen LogP contribution in [0.15, 0.2) is 83.8 Å². The molecule has 3 aromatic carbocycles. The summed E-state index contributed by atoms with van der Waals surface area (Å²) in [4.78, 5) is 0.0176. The zero-order valence-electron chi connectivity index (χ0n) is 17.4. The second-order valence-electron chi connectivity index (χ2n) is 7.07. The first kappa shape index (κ1) is 22.3. The van der Waals surface area contributed by atoms with Crippen molar-refractivity contribution in [3.05, 3.63) is 90.0 Å². The molecule has 168 valence electrons. The standard InChI is InChI=1S/C23H20N4O4S2/c1-15-7-13-19(14-8-15)33(29,30)27-21(24)20-22(28)26-32-23(20)25-16-9-11-18(12-10-16)31-17-5-3-2-4-6-17/h2-14,25H,1H3,(H2,24,27)(H,26,28). The van der Waals surface area contributed by atoms with Crippen LogP contribution in [0.5, 0.6) is 17.4 Å². The van der Waals surface area contributed by atoms with Crippen LogP contribution >= 0.6 is 11.5 Å². The largest absolute Gasteiger partial charge is 0.492 e. The van der Waals surface area contributed by atoms with Crippen molar-refractivity contribution in [2.75, 3.05) is 5.32 Å². The number of ether oxygens (including phenoxy) is 1. The Labute approximate surface area is 195 Å². The predicted octanol–water partition coefficient (Wildman–Crippen LogP) is 5.00. The van der Waals surface area contributed by atoms with Gasteiger partial charge in [-0.2, -0.15) is 4.37 Å². The molecule has 0 saturated carbocycles. The maximum Gasteiger partial charge on any atom is 0.263 e. The summed E-state index contributed by atoms with van der Waals surface area (Å²) in [7, 11) is -4.00. The van der Waals surface area contributed by atoms with Gasteiger partial charge < -0.3 is 15.2 Å². The van der Waals surface area contributed by atoms with Crippen molar-refractivity contribution in [2.24, 2.45) is 0 Å². The Kier molecular flexibility index (Phi) is 6.29. The molecule has 0 radical (unpaired) electrons. The topological polar surface area (TPSA) is 124 Å². The second-order valence-corrected chi connectivity index (χ2v) is 9.52. The van der Waals surface area contributed by atoms with Gasteiger partial charge in [-0.3, -0.25) is 10.1 Å². The van der Waals surface area contributed by atoms with Gasteiger partial charge in [-0.15, -0.1) is 0 Å². The summed E-state index contributed by atoms with van der Waals surface area (Å²) in [6.45, 7) is 1.85. The van der Waals surface area contributed by atoms with E-state index in [9.17, 15) is 13.5 Å². The molecule has 1 heterocycles. The maximum atomic E-state index is 12.6. The van der Waals surface area contributed by atoms with Crippen LogP contribution in [0.1, 0.15) is 11.1 Å². The SMILES string of the molecule is Cc1ccc(S(=O)(=O)NC(=N)c2c(O)nsc2Nc2ccc(Oc3ccccc3)cc2)cc1. The zero-order valence-corrected chi connectivity index (χ0v) is 19.1. The van der Waals surface area contributed by atoms with Crippen LogP contribution < -0.4 is 14.8 Å². The third-order valence-electron chi connectivity index (χ3n) is 4.58. The van der Waals surface area contributed by atoms with E-state index in [-0.39, 0.29) is 10.5 Å². The van der Waals surface area contributed by atoms with E-state index in [1.54, 1.807) is 36.4 Å². The number of nitrogens with zero attached hydrogens (tertiary/aromatic N) is 1. The number of amidine groups is 1. The summed E-state index contributed by atoms with van der Waals surface area (Å²) >= 11 is 0.912. The summed E-state index contributed by atoms with van der Waals surface area (Å²) in [5.41, 5.74) is 1.52. The molecular weight excluding hydrogens is 460 g/mol. The summed E-state index contributed by atoms with van der Waals surface area (Å²) in [6.07, 6.45) is 0. The van der Waals surface area contributed by atoms with Gasteiger partial charge in [0.1, 0.15) is 27.9 Å². The highest BCUT2D eigenvalue weighted by Crippen LogP contribution is 2.33. The van der Waals surface area contributed by atoms with Crippen LogP contribution in [0.3, 0.4) is 0 Å². The highest BCUT2D eigenvalue weighted by atomic mass is 32.2. The van der Waals surface area contributed by atoms with Gasteiger partial charge in [-0.05, 0) is 67.0 Å². The van der Waals surface area contributed by atoms with Crippen LogP contribution in [-0.4, -0.2) is 23.7 Å². The number of anilines is 2. The molecule has 0 saturated heterocycles. The van der Waals surface area contributed by atoms with Crippen LogP contribution in [0.2, 0.25) is 0 Å². The lowest BCUT2D eigenvalue weighted by molar-refractivity contribution is 0.459. The van der Waals surface area contributed by atoms with E-state index in [2.05, 4.69) is 14.4 Å². The van der Waals surface area contributed by atoms with E-state index in [4.69, 9.17) is 10.1 Å². The zero-order chi connectivity index (χ0) is 23.4. The summed E-state index contributed by atoms with van der Waals surface area (Å²) in [5.74, 6) is 0.413. The summed E-state index contributed by atoms with van der Waals surface area (Å²) in [6, 6.07) is 22.7. The van der Waals surface area contributed by atoms with E-state index in [0.29, 0.717) is 22.2 Å². The molecule has 10 heteroatoms. The number of para-hydroxylation sites is 1. The van der Waals surface area contributed by atoms with E-state index in [0.717, 1.165) is 17.1 Å². The van der Waals surface area contributed by atoms with Gasteiger partial charge in [0.05, 0.1) is 4.90 Å². The van der Waals surface area contributed by atoms with E-state index < -0.39 is 21.7 Å². The molecule has 4 N–H and O–H groups in total. The van der Waals surface area contributed by atoms with Gasteiger partial charge >= 0.3 is 0 Å². The quantitative estimate of drug-likeness (QED) is 0.218. The maximum absolute atomic E-state index is 12.6. The van der Waals surface area contributed by atoms with E-state index >= 15 is 0 Å². The highest BCUT2D eigenvalue weighted by molar-refractivity contribution is 7.90. The van der Waals surface area contributed by atoms with Crippen LogP contribution in [0, 0.1) is 12.3 Å². The van der Waals surface area contributed by atoms with Crippen molar-refractivity contribution in [3.63, 3.8) is 0 Å². The number of rotatable bonds is 7. The molecule has 0 aliphatic carbocycles. The van der Waals surface area contributed by atoms with Gasteiger partial charge in [-0.1, -0.05) is 35.9 Å². The molecule has 0 aliphatic heterocycles. The summed E-state index contributed by atoms with van der Waals surface area (Å²) in [5, 5.41) is 21.8. The second kappa shape index (κ2) is 9.31. The lowest BCUT2D eigenvalue weighted by atomic mass is 10.2. The smallest absolute Gasteiger partial charge is 0.263 e. The molecule has 0 amide bonds. The minimum atomic E-state index is -4.00. The molecule has 8 nitrogen and oxygen atoms in total. The normalized spacial score (nSPS) is 11.1. The average molecular weight is 481 g/mol. The first-order valence-corrected chi connectivity index (χ1v) is 12.0. The van der Waals surface area contributed by atoms with Crippen molar-refractivity contribution in [3.8, 4) is 17.4 Å². The van der Waals surface area contributed by atoms with Crippen molar-refractivity contribution in [1.29, 1.82) is 5.41 Å². The number of nitrogens with one attached hydrogen (secondary N) is 3. The monoisotopic (exact) mass is 480 g/mol. The average Bonchev–Trinajstić information content (AvgIpc) is 3.16. The van der Waals surface area contributed by atoms with Crippen molar-refractivity contribution < 1.29 is 18.3 Å². The molecule has 0 aliphatic rings. The summed E-state index contributed by atoms with van der Waals surface area (Å²) < 4.78 is 37.1. The van der Waals surface area contributed by atoms with Crippen molar-refractivity contribution in [1.82, 2.24) is 9.10 Å².